The minimum atomic E-state index is -0.467. The quantitative estimate of drug-likeness (QED) is 0.430. The maximum Gasteiger partial charge on any atom is 0.269 e. The van der Waals surface area contributed by atoms with Gasteiger partial charge < -0.3 is 9.80 Å². The first-order chi connectivity index (χ1) is 9.31. The van der Waals surface area contributed by atoms with Crippen LogP contribution in [-0.4, -0.2) is 61.8 Å². The Kier molecular flexibility index (Phi) is 5.79. The fourth-order valence-corrected chi connectivity index (χ4v) is 2.09. The zero-order valence-corrected chi connectivity index (χ0v) is 12.4. The summed E-state index contributed by atoms with van der Waals surface area (Å²) in [6.07, 6.45) is 0. The monoisotopic (exact) mass is 279 g/mol. The Hall–Kier alpha value is -1.79. The molecule has 0 unspecified atom stereocenters. The summed E-state index contributed by atoms with van der Waals surface area (Å²) in [7, 11) is 7.69. The molecule has 0 N–H and O–H groups in total. The van der Waals surface area contributed by atoms with Crippen molar-refractivity contribution in [2.75, 3.05) is 41.3 Å². The summed E-state index contributed by atoms with van der Waals surface area (Å²) in [5.74, 6) is -0.135. The minimum absolute atomic E-state index is 0.00156. The van der Waals surface area contributed by atoms with E-state index in [0.29, 0.717) is 18.7 Å². The molecule has 0 spiro atoms. The number of ketones is 1. The third kappa shape index (κ3) is 4.71. The summed E-state index contributed by atoms with van der Waals surface area (Å²) in [6.45, 7) is 1.29. The molecule has 1 aromatic carbocycles. The number of carbonyl (C=O) groups is 1. The third-order valence-electron chi connectivity index (χ3n) is 2.90. The molecular formula is C14H21N3O3. The van der Waals surface area contributed by atoms with Gasteiger partial charge in [0.1, 0.15) is 0 Å². The number of hydrogen-bond acceptors (Lipinski definition) is 5. The highest BCUT2D eigenvalue weighted by molar-refractivity contribution is 5.98. The van der Waals surface area contributed by atoms with Crippen LogP contribution in [0.4, 0.5) is 5.69 Å². The Bertz CT molecular complexity index is 459. The van der Waals surface area contributed by atoms with Gasteiger partial charge in [-0.2, -0.15) is 0 Å². The largest absolute Gasteiger partial charge is 0.309 e. The lowest BCUT2D eigenvalue weighted by Crippen LogP contribution is -2.35. The second kappa shape index (κ2) is 7.12. The Balaban J connectivity index is 2.90. The predicted octanol–water partition coefficient (Wildman–Crippen LogP) is 1.52. The van der Waals surface area contributed by atoms with Gasteiger partial charge in [-0.1, -0.05) is 0 Å². The lowest BCUT2D eigenvalue weighted by molar-refractivity contribution is -0.384. The summed E-state index contributed by atoms with van der Waals surface area (Å²) >= 11 is 0. The molecule has 0 bridgehead atoms. The predicted molar refractivity (Wildman–Crippen MR) is 78.0 cm³/mol. The summed E-state index contributed by atoms with van der Waals surface area (Å²) in [5, 5.41) is 10.6. The van der Waals surface area contributed by atoms with Crippen LogP contribution in [-0.2, 0) is 0 Å². The molecule has 0 aliphatic carbocycles. The molecule has 0 aromatic heterocycles. The molecule has 0 saturated heterocycles. The van der Waals surface area contributed by atoms with E-state index in [-0.39, 0.29) is 17.4 Å². The van der Waals surface area contributed by atoms with Crippen molar-refractivity contribution in [2.24, 2.45) is 5.92 Å². The van der Waals surface area contributed by atoms with Crippen LogP contribution in [0, 0.1) is 16.0 Å². The highest BCUT2D eigenvalue weighted by atomic mass is 16.6. The summed E-state index contributed by atoms with van der Waals surface area (Å²) < 4.78 is 0. The van der Waals surface area contributed by atoms with Crippen LogP contribution in [0.3, 0.4) is 0 Å². The molecule has 0 heterocycles. The van der Waals surface area contributed by atoms with E-state index in [1.54, 1.807) is 0 Å². The fourth-order valence-electron chi connectivity index (χ4n) is 2.09. The van der Waals surface area contributed by atoms with Crippen molar-refractivity contribution in [2.45, 2.75) is 0 Å². The van der Waals surface area contributed by atoms with Crippen LogP contribution in [0.25, 0.3) is 0 Å². The molecule has 6 nitrogen and oxygen atoms in total. The third-order valence-corrected chi connectivity index (χ3v) is 2.90. The van der Waals surface area contributed by atoms with Crippen LogP contribution in [0.15, 0.2) is 24.3 Å². The second-order valence-corrected chi connectivity index (χ2v) is 5.39. The van der Waals surface area contributed by atoms with Gasteiger partial charge in [0.05, 0.1) is 4.92 Å². The molecule has 0 aliphatic heterocycles. The normalized spacial score (nSPS) is 11.3. The van der Waals surface area contributed by atoms with Gasteiger partial charge in [-0.05, 0) is 40.3 Å². The van der Waals surface area contributed by atoms with Crippen LogP contribution >= 0.6 is 0 Å². The van der Waals surface area contributed by atoms with E-state index in [2.05, 4.69) is 0 Å². The Morgan fingerprint density at radius 1 is 1.10 bits per heavy atom. The van der Waals surface area contributed by atoms with Gasteiger partial charge in [0.25, 0.3) is 5.69 Å². The van der Waals surface area contributed by atoms with Crippen LogP contribution < -0.4 is 0 Å². The molecular weight excluding hydrogens is 258 g/mol. The zero-order valence-electron chi connectivity index (χ0n) is 12.4. The molecule has 0 saturated carbocycles. The molecule has 20 heavy (non-hydrogen) atoms. The number of non-ortho nitro benzene ring substituents is 1. The number of nitro groups is 1. The highest BCUT2D eigenvalue weighted by Gasteiger charge is 2.22. The first-order valence-corrected chi connectivity index (χ1v) is 6.39. The number of hydrogen-bond donors (Lipinski definition) is 0. The van der Waals surface area contributed by atoms with Crippen molar-refractivity contribution in [3.8, 4) is 0 Å². The molecule has 1 rings (SSSR count). The first-order valence-electron chi connectivity index (χ1n) is 6.39. The minimum Gasteiger partial charge on any atom is -0.309 e. The fraction of sp³-hybridized carbons (Fsp3) is 0.500. The first kappa shape index (κ1) is 16.3. The van der Waals surface area contributed by atoms with Gasteiger partial charge in [0, 0.05) is 36.7 Å². The number of nitrogens with zero attached hydrogens (tertiary/aromatic N) is 3. The van der Waals surface area contributed by atoms with E-state index in [9.17, 15) is 14.9 Å². The Morgan fingerprint density at radius 2 is 1.55 bits per heavy atom. The maximum absolute atomic E-state index is 12.5. The molecule has 0 fully saturated rings. The Labute approximate surface area is 119 Å². The number of Topliss-reactive ketones (excluding diaryl/α,β-unsaturated/α-hetero) is 1. The average molecular weight is 279 g/mol. The van der Waals surface area contributed by atoms with Crippen LogP contribution in [0.5, 0.6) is 0 Å². The van der Waals surface area contributed by atoms with E-state index in [4.69, 9.17) is 0 Å². The van der Waals surface area contributed by atoms with E-state index < -0.39 is 4.92 Å². The topological polar surface area (TPSA) is 66.7 Å². The molecule has 0 radical (unpaired) electrons. The lowest BCUT2D eigenvalue weighted by Gasteiger charge is -2.23. The van der Waals surface area contributed by atoms with Crippen LogP contribution in [0.1, 0.15) is 10.4 Å². The number of rotatable bonds is 7. The van der Waals surface area contributed by atoms with Crippen molar-refractivity contribution < 1.29 is 9.72 Å². The average Bonchev–Trinajstić information content (AvgIpc) is 2.36. The summed E-state index contributed by atoms with van der Waals surface area (Å²) in [4.78, 5) is 26.6. The van der Waals surface area contributed by atoms with Gasteiger partial charge >= 0.3 is 0 Å². The maximum atomic E-state index is 12.5. The number of nitro benzene ring substituents is 1. The van der Waals surface area contributed by atoms with E-state index >= 15 is 0 Å². The molecule has 110 valence electrons. The van der Waals surface area contributed by atoms with Crippen molar-refractivity contribution in [1.29, 1.82) is 0 Å². The van der Waals surface area contributed by atoms with Crippen molar-refractivity contribution in [3.63, 3.8) is 0 Å². The van der Waals surface area contributed by atoms with Gasteiger partial charge in [0.2, 0.25) is 0 Å². The Morgan fingerprint density at radius 3 is 1.90 bits per heavy atom. The summed E-state index contributed by atoms with van der Waals surface area (Å²) in [6, 6.07) is 5.79. The van der Waals surface area contributed by atoms with E-state index in [1.165, 1.54) is 24.3 Å². The SMILES string of the molecule is CN(C)CC(CN(C)C)C(=O)c1ccc([N+](=O)[O-])cc1. The van der Waals surface area contributed by atoms with Crippen molar-refractivity contribution >= 4 is 11.5 Å². The number of benzene rings is 1. The van der Waals surface area contributed by atoms with E-state index in [0.717, 1.165) is 0 Å². The van der Waals surface area contributed by atoms with E-state index in [1.807, 2.05) is 38.0 Å². The molecule has 0 aliphatic rings. The van der Waals surface area contributed by atoms with Gasteiger partial charge in [0.15, 0.2) is 5.78 Å². The molecule has 1 aromatic rings. The molecule has 6 heteroatoms. The zero-order chi connectivity index (χ0) is 15.3. The standard InChI is InChI=1S/C14H21N3O3/c1-15(2)9-12(10-16(3)4)14(18)11-5-7-13(8-6-11)17(19)20/h5-8,12H,9-10H2,1-4H3. The van der Waals surface area contributed by atoms with Gasteiger partial charge in [-0.25, -0.2) is 0 Å². The second-order valence-electron chi connectivity index (χ2n) is 5.39. The lowest BCUT2D eigenvalue weighted by atomic mass is 9.96. The van der Waals surface area contributed by atoms with Crippen molar-refractivity contribution in [1.82, 2.24) is 9.80 Å². The molecule has 0 atom stereocenters. The van der Waals surface area contributed by atoms with Gasteiger partial charge in [-0.15, -0.1) is 0 Å². The van der Waals surface area contributed by atoms with Crippen LogP contribution in [0.2, 0.25) is 0 Å². The van der Waals surface area contributed by atoms with Crippen molar-refractivity contribution in [3.05, 3.63) is 39.9 Å². The molecule has 0 amide bonds. The highest BCUT2D eigenvalue weighted by Crippen LogP contribution is 2.16. The number of carbonyl (C=O) groups excluding carboxylic acids is 1. The van der Waals surface area contributed by atoms with Gasteiger partial charge in [-0.3, -0.25) is 14.9 Å². The summed E-state index contributed by atoms with van der Waals surface area (Å²) in [5.41, 5.74) is 0.516. The smallest absolute Gasteiger partial charge is 0.269 e.